The minimum absolute atomic E-state index is 0.0876. The molecule has 2 aliphatic rings. The molecule has 0 bridgehead atoms. The maximum atomic E-state index is 12.4. The van der Waals surface area contributed by atoms with Gasteiger partial charge < -0.3 is 14.8 Å². The number of carbonyl (C=O) groups excluding carboxylic acids is 2. The molecule has 1 aromatic heterocycles. The Labute approximate surface area is 161 Å². The van der Waals surface area contributed by atoms with Crippen molar-refractivity contribution in [1.29, 1.82) is 0 Å². The number of pyridine rings is 1. The first-order valence-electron chi connectivity index (χ1n) is 8.58. The predicted octanol–water partition coefficient (Wildman–Crippen LogP) is 2.69. The molecule has 140 valence electrons. The van der Waals surface area contributed by atoms with Gasteiger partial charge in [0.1, 0.15) is 6.10 Å². The van der Waals surface area contributed by atoms with E-state index in [1.54, 1.807) is 30.0 Å². The van der Waals surface area contributed by atoms with Gasteiger partial charge in [-0.2, -0.15) is 0 Å². The Balaban J connectivity index is 1.59. The zero-order valence-corrected chi connectivity index (χ0v) is 15.8. The summed E-state index contributed by atoms with van der Waals surface area (Å²) < 4.78 is 10.6. The number of hydrogen-bond donors (Lipinski definition) is 1. The lowest BCUT2D eigenvalue weighted by atomic mass is 10.1. The number of nitrogens with zero attached hydrogens (tertiary/aromatic N) is 2. The van der Waals surface area contributed by atoms with Crippen molar-refractivity contribution in [2.24, 2.45) is 0 Å². The molecular formula is C19H19N3O4S. The van der Waals surface area contributed by atoms with Crippen LogP contribution in [0.4, 0.5) is 10.5 Å². The number of nitrogens with one attached hydrogen (secondary N) is 1. The standard InChI is InChI=1S/C19H19N3O4S/c1-11(23)20-9-16-15-10-27-17-7-12(13-4-6-18(25-2)21-8-13)3-5-14(17)22(15)19(24)26-16/h3-8,15-16H,9-10H2,1-2H3,(H,20,23)/t15-,16-/m0/s1. The quantitative estimate of drug-likeness (QED) is 0.872. The number of methoxy groups -OCH3 is 1. The van der Waals surface area contributed by atoms with Crippen LogP contribution in [0.1, 0.15) is 6.92 Å². The van der Waals surface area contributed by atoms with Gasteiger partial charge in [-0.1, -0.05) is 6.07 Å². The van der Waals surface area contributed by atoms with E-state index in [2.05, 4.69) is 16.4 Å². The zero-order valence-electron chi connectivity index (χ0n) is 15.0. The first-order valence-corrected chi connectivity index (χ1v) is 9.57. The monoisotopic (exact) mass is 385 g/mol. The maximum absolute atomic E-state index is 12.4. The molecule has 0 unspecified atom stereocenters. The number of hydrogen-bond acceptors (Lipinski definition) is 6. The van der Waals surface area contributed by atoms with Crippen molar-refractivity contribution in [1.82, 2.24) is 10.3 Å². The van der Waals surface area contributed by atoms with E-state index in [-0.39, 0.29) is 24.1 Å². The van der Waals surface area contributed by atoms with E-state index < -0.39 is 0 Å². The molecule has 1 fully saturated rings. The highest BCUT2D eigenvalue weighted by Gasteiger charge is 2.45. The van der Waals surface area contributed by atoms with Crippen molar-refractivity contribution < 1.29 is 19.1 Å². The minimum atomic E-state index is -0.365. The number of thioether (sulfide) groups is 1. The Morgan fingerprint density at radius 1 is 1.37 bits per heavy atom. The third-order valence-electron chi connectivity index (χ3n) is 4.67. The molecule has 2 aliphatic heterocycles. The van der Waals surface area contributed by atoms with E-state index in [9.17, 15) is 9.59 Å². The normalized spacial score (nSPS) is 20.5. The van der Waals surface area contributed by atoms with Gasteiger partial charge in [-0.15, -0.1) is 11.8 Å². The first-order chi connectivity index (χ1) is 13.1. The number of benzene rings is 1. The van der Waals surface area contributed by atoms with Gasteiger partial charge in [0.05, 0.1) is 25.4 Å². The summed E-state index contributed by atoms with van der Waals surface area (Å²) in [6.45, 7) is 1.78. The van der Waals surface area contributed by atoms with Crippen molar-refractivity contribution in [3.8, 4) is 17.0 Å². The average molecular weight is 385 g/mol. The van der Waals surface area contributed by atoms with Gasteiger partial charge in [-0.25, -0.2) is 9.78 Å². The zero-order chi connectivity index (χ0) is 19.0. The summed E-state index contributed by atoms with van der Waals surface area (Å²) in [5.41, 5.74) is 2.85. The van der Waals surface area contributed by atoms with Crippen molar-refractivity contribution in [3.05, 3.63) is 36.5 Å². The number of rotatable bonds is 4. The van der Waals surface area contributed by atoms with Gasteiger partial charge in [0.2, 0.25) is 11.8 Å². The fourth-order valence-electron chi connectivity index (χ4n) is 3.30. The van der Waals surface area contributed by atoms with E-state index in [1.165, 1.54) is 6.92 Å². The average Bonchev–Trinajstić information content (AvgIpc) is 3.02. The predicted molar refractivity (Wildman–Crippen MR) is 102 cm³/mol. The molecule has 2 amide bonds. The van der Waals surface area contributed by atoms with Gasteiger partial charge in [-0.3, -0.25) is 9.69 Å². The van der Waals surface area contributed by atoms with Gasteiger partial charge in [0.15, 0.2) is 0 Å². The third kappa shape index (κ3) is 3.32. The van der Waals surface area contributed by atoms with E-state index in [4.69, 9.17) is 9.47 Å². The summed E-state index contributed by atoms with van der Waals surface area (Å²) in [6.07, 6.45) is 1.06. The van der Waals surface area contributed by atoms with Gasteiger partial charge in [0, 0.05) is 35.4 Å². The largest absolute Gasteiger partial charge is 0.481 e. The van der Waals surface area contributed by atoms with Crippen LogP contribution in [0.2, 0.25) is 0 Å². The molecule has 0 saturated carbocycles. The second-order valence-corrected chi connectivity index (χ2v) is 7.44. The Kier molecular flexibility index (Phi) is 4.65. The molecule has 7 nitrogen and oxygen atoms in total. The van der Waals surface area contributed by atoms with Crippen molar-refractivity contribution in [3.63, 3.8) is 0 Å². The highest BCUT2D eigenvalue weighted by molar-refractivity contribution is 7.99. The summed E-state index contributed by atoms with van der Waals surface area (Å²) in [5, 5.41) is 2.74. The molecule has 2 atom stereocenters. The second kappa shape index (κ2) is 7.11. The SMILES string of the molecule is COc1ccc(-c2ccc3c(c2)SC[C@H]2[C@H](CNC(C)=O)OC(=O)N32)cn1. The molecule has 1 aromatic carbocycles. The van der Waals surface area contributed by atoms with Crippen LogP contribution in [-0.4, -0.2) is 48.5 Å². The Morgan fingerprint density at radius 2 is 2.19 bits per heavy atom. The molecular weight excluding hydrogens is 366 g/mol. The molecule has 3 heterocycles. The summed E-state index contributed by atoms with van der Waals surface area (Å²) in [5.74, 6) is 1.15. The van der Waals surface area contributed by atoms with Crippen LogP contribution < -0.4 is 15.0 Å². The fraction of sp³-hybridized carbons (Fsp3) is 0.316. The number of fused-ring (bicyclic) bond motifs is 3. The molecule has 1 saturated heterocycles. The van der Waals surface area contributed by atoms with Gasteiger partial charge >= 0.3 is 6.09 Å². The van der Waals surface area contributed by atoms with Crippen LogP contribution in [0.15, 0.2) is 41.4 Å². The van der Waals surface area contributed by atoms with Crippen LogP contribution in [0.3, 0.4) is 0 Å². The molecule has 0 aliphatic carbocycles. The number of ether oxygens (including phenoxy) is 2. The smallest absolute Gasteiger partial charge is 0.415 e. The lowest BCUT2D eigenvalue weighted by Crippen LogP contribution is -2.45. The van der Waals surface area contributed by atoms with Crippen LogP contribution in [-0.2, 0) is 9.53 Å². The van der Waals surface area contributed by atoms with Crippen LogP contribution in [0.25, 0.3) is 11.1 Å². The molecule has 8 heteroatoms. The number of aromatic nitrogens is 1. The lowest BCUT2D eigenvalue weighted by Gasteiger charge is -2.31. The third-order valence-corrected chi connectivity index (χ3v) is 5.82. The second-order valence-electron chi connectivity index (χ2n) is 6.38. The Bertz CT molecular complexity index is 887. The number of anilines is 1. The van der Waals surface area contributed by atoms with Crippen molar-refractivity contribution >= 4 is 29.4 Å². The van der Waals surface area contributed by atoms with Crippen LogP contribution in [0.5, 0.6) is 5.88 Å². The number of amides is 2. The summed E-state index contributed by atoms with van der Waals surface area (Å²) >= 11 is 1.69. The summed E-state index contributed by atoms with van der Waals surface area (Å²) in [4.78, 5) is 30.6. The first kappa shape index (κ1) is 17.7. The van der Waals surface area contributed by atoms with E-state index in [0.717, 1.165) is 21.7 Å². The molecule has 27 heavy (non-hydrogen) atoms. The minimum Gasteiger partial charge on any atom is -0.481 e. The summed E-state index contributed by atoms with van der Waals surface area (Å²) in [7, 11) is 1.59. The molecule has 1 N–H and O–H groups in total. The van der Waals surface area contributed by atoms with E-state index in [0.29, 0.717) is 18.2 Å². The maximum Gasteiger partial charge on any atom is 0.415 e. The molecule has 4 rings (SSSR count). The Hall–Kier alpha value is -2.74. The van der Waals surface area contributed by atoms with Crippen molar-refractivity contribution in [2.45, 2.75) is 24.0 Å². The number of cyclic esters (lactones) is 1. The topological polar surface area (TPSA) is 80.8 Å². The molecule has 2 aromatic rings. The molecule has 0 spiro atoms. The lowest BCUT2D eigenvalue weighted by molar-refractivity contribution is -0.119. The van der Waals surface area contributed by atoms with Crippen LogP contribution in [0, 0.1) is 0 Å². The van der Waals surface area contributed by atoms with Crippen LogP contribution >= 0.6 is 11.8 Å². The van der Waals surface area contributed by atoms with Gasteiger partial charge in [0.25, 0.3) is 0 Å². The van der Waals surface area contributed by atoms with Crippen molar-refractivity contribution in [2.75, 3.05) is 24.3 Å². The molecule has 0 radical (unpaired) electrons. The summed E-state index contributed by atoms with van der Waals surface area (Å²) in [6, 6.07) is 9.67. The highest BCUT2D eigenvalue weighted by atomic mass is 32.2. The fourth-order valence-corrected chi connectivity index (χ4v) is 4.54. The number of carbonyl (C=O) groups is 2. The Morgan fingerprint density at radius 3 is 2.89 bits per heavy atom. The van der Waals surface area contributed by atoms with E-state index >= 15 is 0 Å². The highest BCUT2D eigenvalue weighted by Crippen LogP contribution is 2.43. The van der Waals surface area contributed by atoms with E-state index in [1.807, 2.05) is 24.3 Å². The van der Waals surface area contributed by atoms with Gasteiger partial charge in [-0.05, 0) is 23.8 Å².